The number of aliphatic carboxylic acids is 1. The number of hydrogen-bond acceptors (Lipinski definition) is 4. The number of carbonyl (C=O) groups is 2. The van der Waals surface area contributed by atoms with Gasteiger partial charge in [0.1, 0.15) is 0 Å². The van der Waals surface area contributed by atoms with Crippen LogP contribution >= 0.6 is 34.8 Å². The van der Waals surface area contributed by atoms with Gasteiger partial charge >= 0.3 is 5.97 Å². The first kappa shape index (κ1) is 21.2. The van der Waals surface area contributed by atoms with Gasteiger partial charge in [-0.2, -0.15) is 5.10 Å². The molecule has 142 valence electrons. The van der Waals surface area contributed by atoms with E-state index in [1.54, 1.807) is 50.2 Å². The molecule has 0 heterocycles. The predicted molar refractivity (Wildman–Crippen MR) is 109 cm³/mol. The molecule has 0 aliphatic rings. The molecular formula is C19H17Cl3N2O3. The van der Waals surface area contributed by atoms with Crippen LogP contribution in [0.4, 0.5) is 5.69 Å². The molecule has 1 unspecified atom stereocenters. The molecule has 2 rings (SSSR count). The Morgan fingerprint density at radius 3 is 2.19 bits per heavy atom. The van der Waals surface area contributed by atoms with Crippen molar-refractivity contribution in [2.75, 3.05) is 5.43 Å². The van der Waals surface area contributed by atoms with Gasteiger partial charge in [0.15, 0.2) is 11.5 Å². The average Bonchev–Trinajstić information content (AvgIpc) is 2.63. The van der Waals surface area contributed by atoms with Gasteiger partial charge in [-0.1, -0.05) is 41.7 Å². The van der Waals surface area contributed by atoms with Crippen molar-refractivity contribution in [3.05, 3.63) is 63.1 Å². The minimum absolute atomic E-state index is 0.232. The van der Waals surface area contributed by atoms with Crippen molar-refractivity contribution in [3.8, 4) is 0 Å². The van der Waals surface area contributed by atoms with E-state index in [0.717, 1.165) is 0 Å². The number of Topliss-reactive ketones (excluding diaryl/α,β-unsaturated/α-hetero) is 1. The van der Waals surface area contributed by atoms with E-state index in [0.29, 0.717) is 21.3 Å². The van der Waals surface area contributed by atoms with Crippen molar-refractivity contribution in [2.24, 2.45) is 10.5 Å². The Labute approximate surface area is 171 Å². The van der Waals surface area contributed by atoms with Crippen LogP contribution in [0, 0.1) is 5.41 Å². The fourth-order valence-corrected chi connectivity index (χ4v) is 3.04. The summed E-state index contributed by atoms with van der Waals surface area (Å²) in [5.41, 5.74) is 1.66. The normalized spacial score (nSPS) is 13.7. The second-order valence-electron chi connectivity index (χ2n) is 6.02. The molecule has 0 aromatic heterocycles. The van der Waals surface area contributed by atoms with Gasteiger partial charge in [-0.05, 0) is 55.8 Å². The summed E-state index contributed by atoms with van der Waals surface area (Å²) in [7, 11) is 0. The Balaban J connectivity index is 2.42. The average molecular weight is 428 g/mol. The molecule has 2 N–H and O–H groups in total. The van der Waals surface area contributed by atoms with Crippen molar-refractivity contribution < 1.29 is 14.7 Å². The number of ketones is 1. The van der Waals surface area contributed by atoms with E-state index in [1.165, 1.54) is 6.07 Å². The maximum absolute atomic E-state index is 13.0. The number of benzene rings is 2. The zero-order valence-electron chi connectivity index (χ0n) is 14.6. The number of hydrazone groups is 1. The number of halogens is 3. The predicted octanol–water partition coefficient (Wildman–Crippen LogP) is 5.80. The zero-order chi connectivity index (χ0) is 20.2. The number of carboxylic acids is 1. The molecule has 0 saturated heterocycles. The van der Waals surface area contributed by atoms with Gasteiger partial charge in [0, 0.05) is 15.6 Å². The molecule has 0 bridgehead atoms. The molecule has 0 fully saturated rings. The first-order chi connectivity index (χ1) is 12.7. The van der Waals surface area contributed by atoms with Gasteiger partial charge in [0.05, 0.1) is 16.1 Å². The lowest BCUT2D eigenvalue weighted by Gasteiger charge is -2.26. The monoisotopic (exact) mass is 426 g/mol. The Morgan fingerprint density at radius 2 is 1.67 bits per heavy atom. The Morgan fingerprint density at radius 1 is 1.07 bits per heavy atom. The van der Waals surface area contributed by atoms with Crippen LogP contribution < -0.4 is 5.43 Å². The van der Waals surface area contributed by atoms with E-state index >= 15 is 0 Å². The van der Waals surface area contributed by atoms with Crippen LogP contribution in [0.3, 0.4) is 0 Å². The second kappa shape index (κ2) is 8.74. The molecule has 2 aromatic rings. The fourth-order valence-electron chi connectivity index (χ4n) is 2.46. The van der Waals surface area contributed by atoms with Gasteiger partial charge in [0.25, 0.3) is 0 Å². The first-order valence-electron chi connectivity index (χ1n) is 8.02. The summed E-state index contributed by atoms with van der Waals surface area (Å²) >= 11 is 17.8. The lowest BCUT2D eigenvalue weighted by atomic mass is 9.75. The van der Waals surface area contributed by atoms with E-state index in [4.69, 9.17) is 34.8 Å². The van der Waals surface area contributed by atoms with Crippen molar-refractivity contribution in [2.45, 2.75) is 20.3 Å². The van der Waals surface area contributed by atoms with E-state index in [2.05, 4.69) is 10.5 Å². The van der Waals surface area contributed by atoms with Crippen molar-refractivity contribution >= 4 is 58.0 Å². The number of nitrogens with one attached hydrogen (secondary N) is 1. The zero-order valence-corrected chi connectivity index (χ0v) is 16.9. The maximum Gasteiger partial charge on any atom is 0.353 e. The van der Waals surface area contributed by atoms with Crippen LogP contribution in [0.2, 0.25) is 15.1 Å². The first-order valence-corrected chi connectivity index (χ1v) is 9.15. The van der Waals surface area contributed by atoms with Gasteiger partial charge < -0.3 is 5.11 Å². The third-order valence-electron chi connectivity index (χ3n) is 4.26. The van der Waals surface area contributed by atoms with Crippen molar-refractivity contribution in [1.29, 1.82) is 0 Å². The fraction of sp³-hybridized carbons (Fsp3) is 0.211. The molecule has 0 saturated carbocycles. The molecule has 8 heteroatoms. The molecule has 2 aromatic carbocycles. The van der Waals surface area contributed by atoms with Gasteiger partial charge in [-0.15, -0.1) is 0 Å². The lowest BCUT2D eigenvalue weighted by Crippen LogP contribution is -2.41. The van der Waals surface area contributed by atoms with Crippen LogP contribution in [0.15, 0.2) is 47.6 Å². The van der Waals surface area contributed by atoms with E-state index < -0.39 is 11.4 Å². The SMILES string of the molecule is CCC(C)(C(=O)c1ccc(Cl)cc1)C(=NNc1ccc(Cl)cc1Cl)C(=O)O. The van der Waals surface area contributed by atoms with Crippen LogP contribution in [0.25, 0.3) is 0 Å². The van der Waals surface area contributed by atoms with Crippen LogP contribution in [-0.2, 0) is 4.79 Å². The highest BCUT2D eigenvalue weighted by Crippen LogP contribution is 2.31. The van der Waals surface area contributed by atoms with Gasteiger partial charge in [0.2, 0.25) is 0 Å². The summed E-state index contributed by atoms with van der Waals surface area (Å²) < 4.78 is 0. The van der Waals surface area contributed by atoms with Gasteiger partial charge in [-0.3, -0.25) is 10.2 Å². The third-order valence-corrected chi connectivity index (χ3v) is 5.06. The highest BCUT2D eigenvalue weighted by atomic mass is 35.5. The standard InChI is InChI=1S/C19H17Cl3N2O3/c1-3-19(2,17(25)11-4-6-12(20)7-5-11)16(18(26)27)24-23-15-9-8-13(21)10-14(15)22/h4-10,23H,3H2,1-2H3,(H,26,27). The van der Waals surface area contributed by atoms with Gasteiger partial charge in [-0.25, -0.2) is 4.79 Å². The topological polar surface area (TPSA) is 78.8 Å². The summed E-state index contributed by atoms with van der Waals surface area (Å²) in [4.78, 5) is 24.9. The van der Waals surface area contributed by atoms with Crippen LogP contribution in [0.5, 0.6) is 0 Å². The second-order valence-corrected chi connectivity index (χ2v) is 7.30. The smallest absolute Gasteiger partial charge is 0.353 e. The molecule has 0 spiro atoms. The summed E-state index contributed by atoms with van der Waals surface area (Å²) in [6.45, 7) is 3.27. The number of nitrogens with zero attached hydrogens (tertiary/aromatic N) is 1. The number of hydrogen-bond donors (Lipinski definition) is 2. The minimum Gasteiger partial charge on any atom is -0.477 e. The number of carbonyl (C=O) groups excluding carboxylic acids is 1. The van der Waals surface area contributed by atoms with E-state index in [9.17, 15) is 14.7 Å². The number of carboxylic acid groups (broad SMARTS) is 1. The number of rotatable bonds is 7. The molecule has 5 nitrogen and oxygen atoms in total. The van der Waals surface area contributed by atoms with E-state index in [-0.39, 0.29) is 22.9 Å². The van der Waals surface area contributed by atoms with Crippen molar-refractivity contribution in [1.82, 2.24) is 0 Å². The third kappa shape index (κ3) is 4.80. The summed E-state index contributed by atoms with van der Waals surface area (Å²) in [5, 5.41) is 14.8. The Bertz CT molecular complexity index is 898. The molecule has 0 amide bonds. The summed E-state index contributed by atoms with van der Waals surface area (Å²) in [6.07, 6.45) is 0.232. The molecular weight excluding hydrogens is 411 g/mol. The minimum atomic E-state index is -1.36. The van der Waals surface area contributed by atoms with E-state index in [1.807, 2.05) is 0 Å². The summed E-state index contributed by atoms with van der Waals surface area (Å²) in [5.74, 6) is -1.67. The molecule has 0 aliphatic heterocycles. The largest absolute Gasteiger partial charge is 0.477 e. The number of anilines is 1. The maximum atomic E-state index is 13.0. The Hall–Kier alpha value is -2.08. The summed E-state index contributed by atoms with van der Waals surface area (Å²) in [6, 6.07) is 10.9. The quantitative estimate of drug-likeness (QED) is 0.332. The molecule has 0 radical (unpaired) electrons. The van der Waals surface area contributed by atoms with Crippen LogP contribution in [-0.4, -0.2) is 22.6 Å². The van der Waals surface area contributed by atoms with Crippen LogP contribution in [0.1, 0.15) is 30.6 Å². The Kier molecular flexibility index (Phi) is 6.87. The molecule has 27 heavy (non-hydrogen) atoms. The highest BCUT2D eigenvalue weighted by Gasteiger charge is 2.41. The lowest BCUT2D eigenvalue weighted by molar-refractivity contribution is -0.129. The highest BCUT2D eigenvalue weighted by molar-refractivity contribution is 6.43. The van der Waals surface area contributed by atoms with Crippen molar-refractivity contribution in [3.63, 3.8) is 0 Å². The molecule has 1 atom stereocenters. The molecule has 0 aliphatic carbocycles.